The van der Waals surface area contributed by atoms with Crippen LogP contribution in [0.3, 0.4) is 0 Å². The molecule has 5 heteroatoms. The molecular weight excluding hydrogens is 280 g/mol. The van der Waals surface area contributed by atoms with Crippen LogP contribution in [0.1, 0.15) is 25.3 Å². The molecule has 1 heterocycles. The minimum atomic E-state index is -0.308. The molecular formula is C17H24N2O3. The number of aryl methyl sites for hydroxylation is 1. The average Bonchev–Trinajstić information content (AvgIpc) is 2.55. The molecule has 2 amide bonds. The number of carbonyl (C=O) groups excluding carboxylic acids is 2. The van der Waals surface area contributed by atoms with Crippen molar-refractivity contribution in [3.63, 3.8) is 0 Å². The molecule has 0 atom stereocenters. The van der Waals surface area contributed by atoms with Crippen molar-refractivity contribution in [1.29, 1.82) is 0 Å². The molecule has 1 aliphatic heterocycles. The van der Waals surface area contributed by atoms with E-state index in [9.17, 15) is 9.59 Å². The highest BCUT2D eigenvalue weighted by Gasteiger charge is 2.30. The molecule has 1 aliphatic rings. The summed E-state index contributed by atoms with van der Waals surface area (Å²) in [5.74, 6) is 0.124. The highest BCUT2D eigenvalue weighted by atomic mass is 16.5. The molecule has 1 aromatic carbocycles. The normalized spacial score (nSPS) is 15.5. The first-order valence-electron chi connectivity index (χ1n) is 7.77. The fourth-order valence-electron chi connectivity index (χ4n) is 2.92. The second-order valence-electron chi connectivity index (χ2n) is 5.65. The number of hydrogen-bond donors (Lipinski definition) is 0. The van der Waals surface area contributed by atoms with E-state index in [2.05, 4.69) is 0 Å². The quantitative estimate of drug-likeness (QED) is 0.863. The largest absolute Gasteiger partial charge is 0.453 e. The van der Waals surface area contributed by atoms with Gasteiger partial charge in [0.25, 0.3) is 0 Å². The Kier molecular flexibility index (Phi) is 5.41. The first kappa shape index (κ1) is 16.3. The topological polar surface area (TPSA) is 49.9 Å². The van der Waals surface area contributed by atoms with Gasteiger partial charge < -0.3 is 14.5 Å². The summed E-state index contributed by atoms with van der Waals surface area (Å²) < 4.78 is 4.73. The van der Waals surface area contributed by atoms with Crippen LogP contribution in [-0.2, 0) is 9.53 Å². The Hall–Kier alpha value is -2.04. The third-order valence-corrected chi connectivity index (χ3v) is 4.17. The lowest BCUT2D eigenvalue weighted by molar-refractivity contribution is -0.123. The molecule has 0 spiro atoms. The van der Waals surface area contributed by atoms with Crippen LogP contribution in [-0.4, -0.2) is 43.6 Å². The van der Waals surface area contributed by atoms with E-state index in [1.54, 1.807) is 4.90 Å². The molecule has 1 saturated heterocycles. The lowest BCUT2D eigenvalue weighted by atomic mass is 9.95. The van der Waals surface area contributed by atoms with Crippen LogP contribution in [0.2, 0.25) is 0 Å². The fourth-order valence-corrected chi connectivity index (χ4v) is 2.92. The Morgan fingerprint density at radius 2 is 2.00 bits per heavy atom. The van der Waals surface area contributed by atoms with Gasteiger partial charge in [-0.15, -0.1) is 0 Å². The van der Waals surface area contributed by atoms with E-state index in [0.717, 1.165) is 11.3 Å². The SMILES string of the molecule is CCN(C(=O)C1CCN(C(=O)OC)CC1)c1cccc(C)c1. The Morgan fingerprint density at radius 3 is 2.55 bits per heavy atom. The van der Waals surface area contributed by atoms with Crippen LogP contribution < -0.4 is 4.90 Å². The summed E-state index contributed by atoms with van der Waals surface area (Å²) in [7, 11) is 1.39. The number of anilines is 1. The van der Waals surface area contributed by atoms with Gasteiger partial charge in [-0.25, -0.2) is 4.79 Å². The van der Waals surface area contributed by atoms with E-state index >= 15 is 0 Å². The minimum absolute atomic E-state index is 0.0265. The second-order valence-corrected chi connectivity index (χ2v) is 5.65. The summed E-state index contributed by atoms with van der Waals surface area (Å²) in [6.07, 6.45) is 1.07. The number of likely N-dealkylation sites (tertiary alicyclic amines) is 1. The standard InChI is InChI=1S/C17H24N2O3/c1-4-19(15-7-5-6-13(2)12-15)16(20)14-8-10-18(11-9-14)17(21)22-3/h5-7,12,14H,4,8-11H2,1-3H3. The smallest absolute Gasteiger partial charge is 0.409 e. The summed E-state index contributed by atoms with van der Waals surface area (Å²) in [6.45, 7) is 5.82. The van der Waals surface area contributed by atoms with Crippen LogP contribution in [0.5, 0.6) is 0 Å². The number of carbonyl (C=O) groups is 2. The van der Waals surface area contributed by atoms with E-state index in [4.69, 9.17) is 4.74 Å². The number of ether oxygens (including phenoxy) is 1. The number of benzene rings is 1. The summed E-state index contributed by atoms with van der Waals surface area (Å²) in [5, 5.41) is 0. The third-order valence-electron chi connectivity index (χ3n) is 4.17. The molecule has 0 N–H and O–H groups in total. The van der Waals surface area contributed by atoms with E-state index in [0.29, 0.717) is 32.5 Å². The third kappa shape index (κ3) is 3.59. The maximum atomic E-state index is 12.8. The molecule has 0 saturated carbocycles. The lowest BCUT2D eigenvalue weighted by Gasteiger charge is -2.33. The van der Waals surface area contributed by atoms with Crippen LogP contribution in [0.4, 0.5) is 10.5 Å². The maximum Gasteiger partial charge on any atom is 0.409 e. The van der Waals surface area contributed by atoms with Gasteiger partial charge in [-0.2, -0.15) is 0 Å². The van der Waals surface area contributed by atoms with Crippen LogP contribution in [0.25, 0.3) is 0 Å². The van der Waals surface area contributed by atoms with E-state index in [1.165, 1.54) is 7.11 Å². The Labute approximate surface area is 131 Å². The van der Waals surface area contributed by atoms with Gasteiger partial charge in [0.2, 0.25) is 5.91 Å². The number of nitrogens with zero attached hydrogens (tertiary/aromatic N) is 2. The Morgan fingerprint density at radius 1 is 1.32 bits per heavy atom. The van der Waals surface area contributed by atoms with Gasteiger partial charge >= 0.3 is 6.09 Å². The number of methoxy groups -OCH3 is 1. The van der Waals surface area contributed by atoms with Crippen molar-refractivity contribution < 1.29 is 14.3 Å². The van der Waals surface area contributed by atoms with Gasteiger partial charge in [0, 0.05) is 31.2 Å². The molecule has 0 aliphatic carbocycles. The number of hydrogen-bond acceptors (Lipinski definition) is 3. The molecule has 2 rings (SSSR count). The maximum absolute atomic E-state index is 12.8. The Bertz CT molecular complexity index is 536. The van der Waals surface area contributed by atoms with E-state index < -0.39 is 0 Å². The zero-order chi connectivity index (χ0) is 16.1. The predicted octanol–water partition coefficient (Wildman–Crippen LogP) is 2.83. The van der Waals surface area contributed by atoms with Crippen LogP contribution in [0.15, 0.2) is 24.3 Å². The minimum Gasteiger partial charge on any atom is -0.453 e. The van der Waals surface area contributed by atoms with Crippen molar-refractivity contribution in [2.75, 3.05) is 31.6 Å². The molecule has 120 valence electrons. The summed E-state index contributed by atoms with van der Waals surface area (Å²) in [6, 6.07) is 8.00. The van der Waals surface area contributed by atoms with Gasteiger partial charge in [0.05, 0.1) is 7.11 Å². The van der Waals surface area contributed by atoms with Gasteiger partial charge in [-0.3, -0.25) is 4.79 Å². The zero-order valence-corrected chi connectivity index (χ0v) is 13.5. The fraction of sp³-hybridized carbons (Fsp3) is 0.529. The molecule has 0 radical (unpaired) electrons. The predicted molar refractivity (Wildman–Crippen MR) is 85.9 cm³/mol. The van der Waals surface area contributed by atoms with Gasteiger partial charge in [-0.1, -0.05) is 12.1 Å². The first-order valence-corrected chi connectivity index (χ1v) is 7.77. The molecule has 5 nitrogen and oxygen atoms in total. The van der Waals surface area contributed by atoms with Crippen LogP contribution >= 0.6 is 0 Å². The number of rotatable bonds is 3. The molecule has 0 bridgehead atoms. The number of amides is 2. The average molecular weight is 304 g/mol. The van der Waals surface area contributed by atoms with E-state index in [-0.39, 0.29) is 17.9 Å². The molecule has 0 unspecified atom stereocenters. The first-order chi connectivity index (χ1) is 10.6. The molecule has 22 heavy (non-hydrogen) atoms. The van der Waals surface area contributed by atoms with Gasteiger partial charge in [0.15, 0.2) is 0 Å². The highest BCUT2D eigenvalue weighted by molar-refractivity contribution is 5.95. The summed E-state index contributed by atoms with van der Waals surface area (Å²) >= 11 is 0. The molecule has 0 aromatic heterocycles. The number of piperidine rings is 1. The monoisotopic (exact) mass is 304 g/mol. The van der Waals surface area contributed by atoms with Crippen molar-refractivity contribution in [2.24, 2.45) is 5.92 Å². The van der Waals surface area contributed by atoms with Crippen molar-refractivity contribution >= 4 is 17.7 Å². The van der Waals surface area contributed by atoms with Crippen molar-refractivity contribution in [3.8, 4) is 0 Å². The second kappa shape index (κ2) is 7.29. The van der Waals surface area contributed by atoms with Gasteiger partial charge in [0.1, 0.15) is 0 Å². The molecule has 1 fully saturated rings. The molecule has 1 aromatic rings. The van der Waals surface area contributed by atoms with Gasteiger partial charge in [-0.05, 0) is 44.4 Å². The highest BCUT2D eigenvalue weighted by Crippen LogP contribution is 2.24. The van der Waals surface area contributed by atoms with E-state index in [1.807, 2.05) is 43.0 Å². The summed E-state index contributed by atoms with van der Waals surface area (Å²) in [5.41, 5.74) is 2.09. The Balaban J connectivity index is 2.03. The summed E-state index contributed by atoms with van der Waals surface area (Å²) in [4.78, 5) is 27.8. The lowest BCUT2D eigenvalue weighted by Crippen LogP contribution is -2.44. The van der Waals surface area contributed by atoms with Crippen molar-refractivity contribution in [1.82, 2.24) is 4.90 Å². The van der Waals surface area contributed by atoms with Crippen molar-refractivity contribution in [3.05, 3.63) is 29.8 Å². The zero-order valence-electron chi connectivity index (χ0n) is 13.5. The van der Waals surface area contributed by atoms with Crippen LogP contribution in [0, 0.1) is 12.8 Å². The van der Waals surface area contributed by atoms with Crippen molar-refractivity contribution in [2.45, 2.75) is 26.7 Å².